The van der Waals surface area contributed by atoms with Gasteiger partial charge in [0.25, 0.3) is 0 Å². The Kier molecular flexibility index (Phi) is 3.80. The molecule has 0 aliphatic heterocycles. The first-order chi connectivity index (χ1) is 11.7. The fourth-order valence-electron chi connectivity index (χ4n) is 2.84. The van der Waals surface area contributed by atoms with E-state index in [1.165, 1.54) is 4.70 Å². The van der Waals surface area contributed by atoms with Crippen molar-refractivity contribution >= 4 is 43.8 Å². The van der Waals surface area contributed by atoms with Gasteiger partial charge in [-0.2, -0.15) is 0 Å². The molecule has 0 spiro atoms. The van der Waals surface area contributed by atoms with E-state index in [2.05, 4.69) is 16.8 Å². The zero-order valence-corrected chi connectivity index (χ0v) is 13.8. The molecule has 4 aromatic rings. The molecule has 1 unspecified atom stereocenters. The van der Waals surface area contributed by atoms with Gasteiger partial charge in [0, 0.05) is 27.7 Å². The highest BCUT2D eigenvalue weighted by Crippen LogP contribution is 2.34. The molecule has 0 saturated carbocycles. The zero-order valence-electron chi connectivity index (χ0n) is 12.9. The van der Waals surface area contributed by atoms with Gasteiger partial charge in [-0.1, -0.05) is 30.3 Å². The summed E-state index contributed by atoms with van der Waals surface area (Å²) < 4.78 is 1.18. The number of rotatable bonds is 4. The third-order valence-corrected chi connectivity index (χ3v) is 5.01. The molecule has 0 saturated heterocycles. The second kappa shape index (κ2) is 6.11. The van der Waals surface area contributed by atoms with E-state index in [1.54, 1.807) is 11.3 Å². The van der Waals surface area contributed by atoms with Gasteiger partial charge < -0.3 is 16.2 Å². The van der Waals surface area contributed by atoms with Crippen molar-refractivity contribution in [3.8, 4) is 0 Å². The Morgan fingerprint density at radius 1 is 1.08 bits per heavy atom. The van der Waals surface area contributed by atoms with Gasteiger partial charge >= 0.3 is 0 Å². The van der Waals surface area contributed by atoms with Crippen LogP contribution in [0, 0.1) is 0 Å². The molecule has 4 N–H and O–H groups in total. The number of nitrogens with one attached hydrogen (secondary N) is 1. The maximum Gasteiger partial charge on any atom is 0.135 e. The molecule has 2 aromatic heterocycles. The van der Waals surface area contributed by atoms with E-state index in [-0.39, 0.29) is 0 Å². The average molecular weight is 335 g/mol. The van der Waals surface area contributed by atoms with E-state index >= 15 is 0 Å². The second-order valence-electron chi connectivity index (χ2n) is 5.71. The van der Waals surface area contributed by atoms with Crippen LogP contribution in [-0.4, -0.2) is 16.6 Å². The number of thiophene rings is 1. The third kappa shape index (κ3) is 2.68. The second-order valence-corrected chi connectivity index (χ2v) is 6.62. The molecule has 0 aliphatic rings. The molecule has 1 atom stereocenters. The predicted octanol–water partition coefficient (Wildman–Crippen LogP) is 4.18. The van der Waals surface area contributed by atoms with Crippen molar-refractivity contribution in [2.24, 2.45) is 0 Å². The molecule has 0 fully saturated rings. The first-order valence-electron chi connectivity index (χ1n) is 7.76. The highest BCUT2D eigenvalue weighted by Gasteiger charge is 2.12. The number of anilines is 2. The SMILES string of the molecule is Nc1ccc2c(c1)nc(NCC(O)c1ccccc1)c1ccsc12. The smallest absolute Gasteiger partial charge is 0.135 e. The Morgan fingerprint density at radius 3 is 2.75 bits per heavy atom. The number of aromatic nitrogens is 1. The third-order valence-electron chi connectivity index (χ3n) is 4.07. The number of aliphatic hydroxyl groups is 1. The van der Waals surface area contributed by atoms with Crippen LogP contribution < -0.4 is 11.1 Å². The van der Waals surface area contributed by atoms with Crippen LogP contribution in [0.3, 0.4) is 0 Å². The van der Waals surface area contributed by atoms with Crippen LogP contribution in [0.4, 0.5) is 11.5 Å². The van der Waals surface area contributed by atoms with Crippen LogP contribution in [0.15, 0.2) is 60.0 Å². The lowest BCUT2D eigenvalue weighted by atomic mass is 10.1. The van der Waals surface area contributed by atoms with Crippen molar-refractivity contribution < 1.29 is 5.11 Å². The van der Waals surface area contributed by atoms with Crippen molar-refractivity contribution in [2.45, 2.75) is 6.10 Å². The molecule has 4 rings (SSSR count). The van der Waals surface area contributed by atoms with Crippen LogP contribution in [-0.2, 0) is 0 Å². The van der Waals surface area contributed by atoms with Crippen molar-refractivity contribution in [2.75, 3.05) is 17.6 Å². The summed E-state index contributed by atoms with van der Waals surface area (Å²) in [6, 6.07) is 17.5. The summed E-state index contributed by atoms with van der Waals surface area (Å²) in [6.45, 7) is 0.399. The van der Waals surface area contributed by atoms with E-state index in [1.807, 2.05) is 48.5 Å². The molecule has 0 aliphatic carbocycles. The molecule has 5 heteroatoms. The summed E-state index contributed by atoms with van der Waals surface area (Å²) in [5, 5.41) is 17.9. The highest BCUT2D eigenvalue weighted by molar-refractivity contribution is 7.18. The monoisotopic (exact) mass is 335 g/mol. The van der Waals surface area contributed by atoms with Gasteiger partial charge in [-0.25, -0.2) is 4.98 Å². The number of pyridine rings is 1. The van der Waals surface area contributed by atoms with Gasteiger partial charge in [0.15, 0.2) is 0 Å². The van der Waals surface area contributed by atoms with E-state index in [0.29, 0.717) is 12.2 Å². The Balaban J connectivity index is 1.69. The number of nitrogens with zero attached hydrogens (tertiary/aromatic N) is 1. The minimum Gasteiger partial charge on any atom is -0.399 e. The number of hydrogen-bond donors (Lipinski definition) is 3. The van der Waals surface area contributed by atoms with Gasteiger partial charge in [-0.15, -0.1) is 11.3 Å². The number of fused-ring (bicyclic) bond motifs is 3. The molecule has 0 amide bonds. The summed E-state index contributed by atoms with van der Waals surface area (Å²) >= 11 is 1.68. The quantitative estimate of drug-likeness (QED) is 0.489. The number of benzene rings is 2. The standard InChI is InChI=1S/C19H17N3OS/c20-13-6-7-14-16(10-13)22-19(15-8-9-24-18(14)15)21-11-17(23)12-4-2-1-3-5-12/h1-10,17,23H,11,20H2,(H,21,22). The van der Waals surface area contributed by atoms with Gasteiger partial charge in [0.05, 0.1) is 11.6 Å². The molecule has 0 bridgehead atoms. The van der Waals surface area contributed by atoms with Gasteiger partial charge in [-0.05, 0) is 35.2 Å². The predicted molar refractivity (Wildman–Crippen MR) is 101 cm³/mol. The van der Waals surface area contributed by atoms with Gasteiger partial charge in [-0.3, -0.25) is 0 Å². The molecule has 2 aromatic carbocycles. The fourth-order valence-corrected chi connectivity index (χ4v) is 3.77. The van der Waals surface area contributed by atoms with Crippen LogP contribution in [0.25, 0.3) is 21.0 Å². The summed E-state index contributed by atoms with van der Waals surface area (Å²) in [7, 11) is 0. The number of nitrogens with two attached hydrogens (primary N) is 1. The Hall–Kier alpha value is -2.63. The van der Waals surface area contributed by atoms with E-state index in [9.17, 15) is 5.11 Å². The lowest BCUT2D eigenvalue weighted by Crippen LogP contribution is -2.13. The van der Waals surface area contributed by atoms with Crippen LogP contribution in [0.1, 0.15) is 11.7 Å². The summed E-state index contributed by atoms with van der Waals surface area (Å²) in [6.07, 6.45) is -0.585. The summed E-state index contributed by atoms with van der Waals surface area (Å²) in [5.74, 6) is 0.777. The normalized spacial score (nSPS) is 12.5. The summed E-state index contributed by atoms with van der Waals surface area (Å²) in [4.78, 5) is 4.71. The fraction of sp³-hybridized carbons (Fsp3) is 0.105. The van der Waals surface area contributed by atoms with Gasteiger partial charge in [0.1, 0.15) is 5.82 Å². The molecular weight excluding hydrogens is 318 g/mol. The van der Waals surface area contributed by atoms with Crippen LogP contribution >= 0.6 is 11.3 Å². The average Bonchev–Trinajstić information content (AvgIpc) is 3.10. The molecule has 120 valence electrons. The van der Waals surface area contributed by atoms with Crippen LogP contribution in [0.2, 0.25) is 0 Å². The van der Waals surface area contributed by atoms with Crippen molar-refractivity contribution in [1.82, 2.24) is 4.98 Å². The van der Waals surface area contributed by atoms with E-state index < -0.39 is 6.10 Å². The minimum atomic E-state index is -0.585. The lowest BCUT2D eigenvalue weighted by molar-refractivity contribution is 0.191. The van der Waals surface area contributed by atoms with Crippen LogP contribution in [0.5, 0.6) is 0 Å². The number of aliphatic hydroxyl groups excluding tert-OH is 1. The van der Waals surface area contributed by atoms with E-state index in [0.717, 1.165) is 27.7 Å². The molecule has 24 heavy (non-hydrogen) atoms. The van der Waals surface area contributed by atoms with Crippen molar-refractivity contribution in [3.05, 3.63) is 65.5 Å². The maximum atomic E-state index is 10.4. The van der Waals surface area contributed by atoms with Gasteiger partial charge in [0.2, 0.25) is 0 Å². The summed E-state index contributed by atoms with van der Waals surface area (Å²) in [5.41, 5.74) is 8.34. The molecule has 0 radical (unpaired) electrons. The Morgan fingerprint density at radius 2 is 1.92 bits per heavy atom. The molecule has 2 heterocycles. The molecular formula is C19H17N3OS. The van der Waals surface area contributed by atoms with E-state index in [4.69, 9.17) is 10.7 Å². The first kappa shape index (κ1) is 14.9. The Labute approximate surface area is 143 Å². The number of hydrogen-bond acceptors (Lipinski definition) is 5. The topological polar surface area (TPSA) is 71.2 Å². The molecule has 4 nitrogen and oxygen atoms in total. The maximum absolute atomic E-state index is 10.4. The van der Waals surface area contributed by atoms with Crippen molar-refractivity contribution in [1.29, 1.82) is 0 Å². The Bertz CT molecular complexity index is 998. The van der Waals surface area contributed by atoms with Crippen molar-refractivity contribution in [3.63, 3.8) is 0 Å². The minimum absolute atomic E-state index is 0.399. The highest BCUT2D eigenvalue weighted by atomic mass is 32.1. The largest absolute Gasteiger partial charge is 0.399 e. The lowest BCUT2D eigenvalue weighted by Gasteiger charge is -2.14. The number of nitrogen functional groups attached to an aromatic ring is 1. The first-order valence-corrected chi connectivity index (χ1v) is 8.63. The zero-order chi connectivity index (χ0) is 16.5.